The molecule has 13 N–H and O–H groups in total. The lowest BCUT2D eigenvalue weighted by Crippen LogP contribution is -2.60. The molecule has 0 bridgehead atoms. The number of azide groups is 1. The highest BCUT2D eigenvalue weighted by atomic mass is 33.1. The van der Waals surface area contributed by atoms with Crippen molar-refractivity contribution in [3.8, 4) is 5.75 Å². The summed E-state index contributed by atoms with van der Waals surface area (Å²) < 4.78 is 0. The van der Waals surface area contributed by atoms with E-state index in [4.69, 9.17) is 22.7 Å². The van der Waals surface area contributed by atoms with E-state index in [1.165, 1.54) is 36.2 Å². The molecule has 2 saturated heterocycles. The number of carbonyl (C=O) groups excluding carboxylic acids is 12. The van der Waals surface area contributed by atoms with Crippen LogP contribution in [-0.2, 0) is 64.0 Å². The molecule has 76 heavy (non-hydrogen) atoms. The van der Waals surface area contributed by atoms with Crippen molar-refractivity contribution in [1.29, 1.82) is 0 Å². The number of nitrogens with two attached hydrogens (primary N) is 3. The summed E-state index contributed by atoms with van der Waals surface area (Å²) in [6, 6.07) is -4.01. The first kappa shape index (κ1) is 63.2. The van der Waals surface area contributed by atoms with Gasteiger partial charge in [0.05, 0.1) is 18.5 Å². The second kappa shape index (κ2) is 31.0. The third kappa shape index (κ3) is 20.5. The number of amides is 11. The SMILES string of the molecule is CC[C@H](C)[C@@H]1NC(=O)[C@H](Cc2ccc(O)cc2)NC(=O)[C@@H](NC(=O)CN=[N+]=[N-])CSSC[C@@H](C(=O)N2CCC[C@H]2C(=O)N[C@@H](CC(C)C)C(=O)N(C)CC(N)=O)NC(=O)[C@H](CC(N)=O)CC(=O)[C@H](CCC(N)=O)NC1=O. The molecular weight excluding hydrogens is 1030 g/mol. The van der Waals surface area contributed by atoms with Crippen molar-refractivity contribution in [3.05, 3.63) is 40.3 Å². The third-order valence-corrected chi connectivity index (χ3v) is 14.9. The Bertz CT molecular complexity index is 2360. The van der Waals surface area contributed by atoms with Gasteiger partial charge in [-0.25, -0.2) is 0 Å². The number of Topliss-reactive ketones (excluding diaryl/α,β-unsaturated/α-hetero) is 1. The fourth-order valence-electron chi connectivity index (χ4n) is 8.31. The molecule has 0 aromatic heterocycles. The standard InChI is InChI=1S/C47H70N14O13S2/c1-6-25(4)40-45(72)54-29(13-14-36(48)64)35(63)18-27(19-37(49)65)41(68)57-33(47(74)61-15-7-8-34(61)44(71)56-31(16-24(2)3)46(73)60(5)21-38(50)66)23-76-75-22-32(53-39(67)20-52-59-51)43(70)55-30(42(69)58-40)17-26-9-11-28(62)12-10-26/h9-12,24-25,27,29-34,40,62H,6-8,13-23H2,1-5H3,(H2,48,64)(H2,49,65)(H2,50,66)(H,53,67)(H,54,72)(H,55,70)(H,56,71)(H,57,68)(H,58,69)/t25-,27-,29-,30-,31-,32-,33-,34-,40-/m0/s1. The van der Waals surface area contributed by atoms with Crippen molar-refractivity contribution in [2.24, 2.45) is 40.1 Å². The van der Waals surface area contributed by atoms with Gasteiger partial charge in [-0.05, 0) is 60.7 Å². The zero-order valence-corrected chi connectivity index (χ0v) is 44.7. The Morgan fingerprint density at radius 3 is 2.14 bits per heavy atom. The number of hydrogen-bond acceptors (Lipinski definition) is 16. The number of rotatable bonds is 20. The van der Waals surface area contributed by atoms with Crippen LogP contribution < -0.4 is 49.1 Å². The Labute approximate surface area is 447 Å². The van der Waals surface area contributed by atoms with E-state index in [1.807, 2.05) is 13.8 Å². The van der Waals surface area contributed by atoms with Crippen molar-refractivity contribution < 1.29 is 62.6 Å². The van der Waals surface area contributed by atoms with Crippen molar-refractivity contribution >= 4 is 92.4 Å². The average molecular weight is 1100 g/mol. The minimum Gasteiger partial charge on any atom is -0.508 e. The number of aromatic hydroxyl groups is 1. The highest BCUT2D eigenvalue weighted by molar-refractivity contribution is 8.76. The monoisotopic (exact) mass is 1100 g/mol. The molecule has 0 unspecified atom stereocenters. The molecular formula is C47H70N14O13S2. The number of likely N-dealkylation sites (N-methyl/N-ethyl adjacent to an activating group) is 1. The highest BCUT2D eigenvalue weighted by Crippen LogP contribution is 2.27. The van der Waals surface area contributed by atoms with Gasteiger partial charge in [-0.3, -0.25) is 57.5 Å². The quantitative estimate of drug-likeness (QED) is 0.0301. The van der Waals surface area contributed by atoms with E-state index in [0.29, 0.717) is 18.4 Å². The molecule has 0 radical (unpaired) electrons. The number of hydrogen-bond donors (Lipinski definition) is 10. The van der Waals surface area contributed by atoms with Gasteiger partial charge in [-0.2, -0.15) is 0 Å². The Morgan fingerprint density at radius 1 is 0.882 bits per heavy atom. The molecule has 1 aromatic carbocycles. The summed E-state index contributed by atoms with van der Waals surface area (Å²) in [6.07, 6.45) is -1.63. The summed E-state index contributed by atoms with van der Waals surface area (Å²) >= 11 is 0. The molecule has 3 rings (SSSR count). The Morgan fingerprint density at radius 2 is 1.54 bits per heavy atom. The van der Waals surface area contributed by atoms with E-state index < -0.39 is 157 Å². The maximum absolute atomic E-state index is 14.7. The molecule has 1 aromatic rings. The van der Waals surface area contributed by atoms with E-state index in [2.05, 4.69) is 41.9 Å². The fraction of sp³-hybridized carbons (Fsp3) is 0.617. The summed E-state index contributed by atoms with van der Waals surface area (Å²) in [5.41, 5.74) is 25.7. The minimum atomic E-state index is -1.57. The summed E-state index contributed by atoms with van der Waals surface area (Å²) in [6.45, 7) is 5.83. The number of nitrogens with zero attached hydrogens (tertiary/aromatic N) is 5. The minimum absolute atomic E-state index is 0.00585. The average Bonchev–Trinajstić information content (AvgIpc) is 3.85. The zero-order chi connectivity index (χ0) is 56.8. The molecule has 0 aliphatic carbocycles. The molecule has 9 atom stereocenters. The Hall–Kier alpha value is -7.13. The lowest BCUT2D eigenvalue weighted by molar-refractivity contribution is -0.143. The second-order valence-corrected chi connectivity index (χ2v) is 21.6. The molecule has 29 heteroatoms. The lowest BCUT2D eigenvalue weighted by atomic mass is 9.91. The number of nitrogens with one attached hydrogen (secondary N) is 6. The van der Waals surface area contributed by atoms with Gasteiger partial charge in [-0.1, -0.05) is 73.0 Å². The van der Waals surface area contributed by atoms with Crippen LogP contribution in [-0.4, -0.2) is 166 Å². The second-order valence-electron chi connectivity index (χ2n) is 19.1. The van der Waals surface area contributed by atoms with Crippen LogP contribution in [0, 0.1) is 17.8 Å². The molecule has 0 saturated carbocycles. The van der Waals surface area contributed by atoms with Crippen LogP contribution in [0.15, 0.2) is 29.4 Å². The summed E-state index contributed by atoms with van der Waals surface area (Å²) in [5, 5.41) is 28.8. The lowest BCUT2D eigenvalue weighted by Gasteiger charge is -2.31. The van der Waals surface area contributed by atoms with Crippen LogP contribution in [0.5, 0.6) is 5.75 Å². The Kier molecular flexibility index (Phi) is 25.8. The molecule has 11 amide bonds. The number of benzene rings is 1. The van der Waals surface area contributed by atoms with Crippen molar-refractivity contribution in [3.63, 3.8) is 0 Å². The number of carbonyl (C=O) groups is 12. The van der Waals surface area contributed by atoms with Gasteiger partial charge in [0.15, 0.2) is 5.78 Å². The van der Waals surface area contributed by atoms with E-state index in [-0.39, 0.29) is 55.4 Å². The van der Waals surface area contributed by atoms with Crippen LogP contribution in [0.1, 0.15) is 84.6 Å². The number of phenolic OH excluding ortho intramolecular Hbond substituents is 1. The number of ketones is 1. The van der Waals surface area contributed by atoms with Crippen LogP contribution >= 0.6 is 21.6 Å². The topological polar surface area (TPSA) is 431 Å². The van der Waals surface area contributed by atoms with Gasteiger partial charge in [0, 0.05) is 55.7 Å². The summed E-state index contributed by atoms with van der Waals surface area (Å²) in [4.78, 5) is 168. The van der Waals surface area contributed by atoms with E-state index in [1.54, 1.807) is 13.8 Å². The third-order valence-electron chi connectivity index (χ3n) is 12.5. The molecule has 27 nitrogen and oxygen atoms in total. The predicted molar refractivity (Wildman–Crippen MR) is 278 cm³/mol. The smallest absolute Gasteiger partial charge is 0.246 e. The first-order chi connectivity index (χ1) is 35.8. The molecule has 2 aliphatic rings. The van der Waals surface area contributed by atoms with Crippen LogP contribution in [0.3, 0.4) is 0 Å². The van der Waals surface area contributed by atoms with Crippen molar-refractivity contribution in [2.45, 2.75) is 128 Å². The molecule has 2 fully saturated rings. The summed E-state index contributed by atoms with van der Waals surface area (Å²) in [7, 11) is 3.20. The summed E-state index contributed by atoms with van der Waals surface area (Å²) in [5.74, 6) is -13.3. The van der Waals surface area contributed by atoms with E-state index >= 15 is 0 Å². The zero-order valence-electron chi connectivity index (χ0n) is 43.1. The molecule has 418 valence electrons. The van der Waals surface area contributed by atoms with Crippen molar-refractivity contribution in [2.75, 3.05) is 38.2 Å². The van der Waals surface area contributed by atoms with Gasteiger partial charge >= 0.3 is 0 Å². The first-order valence-electron chi connectivity index (χ1n) is 24.6. The number of phenols is 1. The van der Waals surface area contributed by atoms with Gasteiger partial charge in [0.25, 0.3) is 0 Å². The number of primary amides is 3. The van der Waals surface area contributed by atoms with E-state index in [9.17, 15) is 62.6 Å². The van der Waals surface area contributed by atoms with Crippen LogP contribution in [0.25, 0.3) is 10.4 Å². The first-order valence-corrected chi connectivity index (χ1v) is 27.1. The molecule has 0 spiro atoms. The fourth-order valence-corrected chi connectivity index (χ4v) is 10.6. The molecule has 2 aliphatic heterocycles. The van der Waals surface area contributed by atoms with Gasteiger partial charge in [0.2, 0.25) is 65.0 Å². The maximum atomic E-state index is 14.7. The predicted octanol–water partition coefficient (Wildman–Crippen LogP) is -1.71. The normalized spacial score (nSPS) is 23.0. The van der Waals surface area contributed by atoms with Crippen LogP contribution in [0.4, 0.5) is 0 Å². The Balaban J connectivity index is 2.17. The largest absolute Gasteiger partial charge is 0.508 e. The van der Waals surface area contributed by atoms with Gasteiger partial charge < -0.3 is 64.0 Å². The van der Waals surface area contributed by atoms with Gasteiger partial charge in [0.1, 0.15) is 48.5 Å². The maximum Gasteiger partial charge on any atom is 0.246 e. The van der Waals surface area contributed by atoms with Crippen molar-refractivity contribution in [1.82, 2.24) is 41.7 Å². The van der Waals surface area contributed by atoms with Crippen LogP contribution in [0.2, 0.25) is 0 Å². The van der Waals surface area contributed by atoms with Gasteiger partial charge in [-0.15, -0.1) is 0 Å². The molecule has 2 heterocycles. The van der Waals surface area contributed by atoms with E-state index in [0.717, 1.165) is 26.5 Å². The number of likely N-dealkylation sites (tertiary alicyclic amines) is 1. The highest BCUT2D eigenvalue weighted by Gasteiger charge is 2.41.